The van der Waals surface area contributed by atoms with Crippen LogP contribution in [0.5, 0.6) is 0 Å². The molecule has 10 heavy (non-hydrogen) atoms. The Morgan fingerprint density at radius 3 is 1.30 bits per heavy atom. The highest BCUT2D eigenvalue weighted by Gasteiger charge is 1.80. The van der Waals surface area contributed by atoms with Crippen LogP contribution in [-0.2, 0) is 0 Å². The van der Waals surface area contributed by atoms with Gasteiger partial charge >= 0.3 is 0 Å². The molecule has 0 fully saturated rings. The van der Waals surface area contributed by atoms with Gasteiger partial charge in [0, 0.05) is 0 Å². The van der Waals surface area contributed by atoms with Crippen LogP contribution in [0.1, 0.15) is 39.5 Å². The fourth-order valence-corrected chi connectivity index (χ4v) is 0.465. The highest BCUT2D eigenvalue weighted by atomic mass is 14.5. The van der Waals surface area contributed by atoms with E-state index in [1.54, 1.807) is 0 Å². The van der Waals surface area contributed by atoms with Gasteiger partial charge in [0.15, 0.2) is 0 Å². The summed E-state index contributed by atoms with van der Waals surface area (Å²) in [7, 11) is 0. The molecule has 0 saturated carbocycles. The number of rotatable bonds is 4. The topological polar surface area (TPSA) is 52.0 Å². The van der Waals surface area contributed by atoms with Crippen molar-refractivity contribution in [3.8, 4) is 0 Å². The molecular weight excluding hydrogens is 124 g/mol. The van der Waals surface area contributed by atoms with E-state index >= 15 is 0 Å². The zero-order valence-electron chi connectivity index (χ0n) is 7.40. The lowest BCUT2D eigenvalue weighted by Crippen LogP contribution is -2.02. The molecule has 0 spiro atoms. The van der Waals surface area contributed by atoms with Crippen molar-refractivity contribution in [1.29, 1.82) is 0 Å². The lowest BCUT2D eigenvalue weighted by atomic mass is 10.2. The smallest absolute Gasteiger partial charge is 0.00773 e. The second-order valence-electron chi connectivity index (χ2n) is 2.35. The minimum absolute atomic E-state index is 0.806. The maximum absolute atomic E-state index is 5.23. The summed E-state index contributed by atoms with van der Waals surface area (Å²) in [4.78, 5) is 0. The maximum Gasteiger partial charge on any atom is -0.00773 e. The van der Waals surface area contributed by atoms with Crippen molar-refractivity contribution in [2.75, 3.05) is 13.1 Å². The molecule has 0 aliphatic rings. The fraction of sp³-hybridized carbons (Fsp3) is 1.00. The Morgan fingerprint density at radius 2 is 1.10 bits per heavy atom. The standard InChI is InChI=1S/C5H14N2.C3H8/c6-4-2-1-3-5-7;1-3-2/h1-7H2;3H2,1-2H3. The highest BCUT2D eigenvalue weighted by molar-refractivity contribution is 4.41. The minimum atomic E-state index is 0.806. The Morgan fingerprint density at radius 1 is 0.800 bits per heavy atom. The third kappa shape index (κ3) is 24.7. The molecular formula is C8H22N2. The Kier molecular flexibility index (Phi) is 20.1. The van der Waals surface area contributed by atoms with Gasteiger partial charge in [-0.3, -0.25) is 0 Å². The first-order valence-electron chi connectivity index (χ1n) is 4.23. The first-order chi connectivity index (χ1) is 4.83. The summed E-state index contributed by atoms with van der Waals surface area (Å²) in [5, 5.41) is 0. The minimum Gasteiger partial charge on any atom is -0.330 e. The molecule has 0 aromatic heterocycles. The van der Waals surface area contributed by atoms with Crippen LogP contribution in [0.2, 0.25) is 0 Å². The largest absolute Gasteiger partial charge is 0.330 e. The van der Waals surface area contributed by atoms with Crippen molar-refractivity contribution in [3.05, 3.63) is 0 Å². The molecule has 0 heterocycles. The molecule has 0 unspecified atom stereocenters. The van der Waals surface area contributed by atoms with Gasteiger partial charge in [0.25, 0.3) is 0 Å². The van der Waals surface area contributed by atoms with Crippen LogP contribution in [0.15, 0.2) is 0 Å². The molecule has 0 atom stereocenters. The number of unbranched alkanes of at least 4 members (excludes halogenated alkanes) is 2. The van der Waals surface area contributed by atoms with E-state index in [0.717, 1.165) is 25.9 Å². The summed E-state index contributed by atoms with van der Waals surface area (Å²) >= 11 is 0. The van der Waals surface area contributed by atoms with E-state index in [-0.39, 0.29) is 0 Å². The molecule has 0 amide bonds. The number of nitrogens with two attached hydrogens (primary N) is 2. The lowest BCUT2D eigenvalue weighted by molar-refractivity contribution is 0.695. The van der Waals surface area contributed by atoms with Crippen molar-refractivity contribution in [2.24, 2.45) is 11.5 Å². The average molecular weight is 146 g/mol. The summed E-state index contributed by atoms with van der Waals surface area (Å²) in [6.45, 7) is 5.86. The molecule has 0 bridgehead atoms. The Hall–Kier alpha value is -0.0800. The van der Waals surface area contributed by atoms with Gasteiger partial charge < -0.3 is 11.5 Å². The number of hydrogen-bond donors (Lipinski definition) is 2. The van der Waals surface area contributed by atoms with Gasteiger partial charge in [-0.25, -0.2) is 0 Å². The van der Waals surface area contributed by atoms with E-state index < -0.39 is 0 Å². The lowest BCUT2D eigenvalue weighted by Gasteiger charge is -1.91. The van der Waals surface area contributed by atoms with E-state index in [1.165, 1.54) is 12.8 Å². The van der Waals surface area contributed by atoms with E-state index in [0.29, 0.717) is 0 Å². The van der Waals surface area contributed by atoms with Gasteiger partial charge in [-0.2, -0.15) is 0 Å². The third-order valence-electron chi connectivity index (χ3n) is 0.908. The van der Waals surface area contributed by atoms with Crippen LogP contribution in [0.25, 0.3) is 0 Å². The van der Waals surface area contributed by atoms with Gasteiger partial charge in [-0.05, 0) is 25.9 Å². The van der Waals surface area contributed by atoms with Gasteiger partial charge in [0.2, 0.25) is 0 Å². The zero-order chi connectivity index (χ0) is 8.24. The van der Waals surface area contributed by atoms with E-state index in [1.807, 2.05) is 0 Å². The van der Waals surface area contributed by atoms with Crippen molar-refractivity contribution in [2.45, 2.75) is 39.5 Å². The quantitative estimate of drug-likeness (QED) is 0.590. The van der Waals surface area contributed by atoms with E-state index in [2.05, 4.69) is 13.8 Å². The van der Waals surface area contributed by atoms with Crippen LogP contribution in [0.4, 0.5) is 0 Å². The predicted octanol–water partition coefficient (Wildman–Crippen LogP) is 1.49. The monoisotopic (exact) mass is 146 g/mol. The molecule has 0 radical (unpaired) electrons. The van der Waals surface area contributed by atoms with Crippen molar-refractivity contribution < 1.29 is 0 Å². The van der Waals surface area contributed by atoms with Crippen LogP contribution in [-0.4, -0.2) is 13.1 Å². The van der Waals surface area contributed by atoms with Gasteiger partial charge in [0.05, 0.1) is 0 Å². The molecule has 4 N–H and O–H groups in total. The normalized spacial score (nSPS) is 8.40. The molecule has 0 aliphatic heterocycles. The molecule has 2 nitrogen and oxygen atoms in total. The van der Waals surface area contributed by atoms with Crippen molar-refractivity contribution >= 4 is 0 Å². The third-order valence-corrected chi connectivity index (χ3v) is 0.908. The first-order valence-corrected chi connectivity index (χ1v) is 4.23. The predicted molar refractivity (Wildman–Crippen MR) is 47.9 cm³/mol. The Labute approximate surface area is 65.0 Å². The summed E-state index contributed by atoms with van der Waals surface area (Å²) in [5.74, 6) is 0. The maximum atomic E-state index is 5.23. The Balaban J connectivity index is 0. The second kappa shape index (κ2) is 16.0. The molecule has 0 aromatic rings. The number of hydrogen-bond acceptors (Lipinski definition) is 2. The van der Waals surface area contributed by atoms with E-state index in [4.69, 9.17) is 11.5 Å². The summed E-state index contributed by atoms with van der Waals surface area (Å²) < 4.78 is 0. The Bertz CT molecular complexity index is 34.2. The van der Waals surface area contributed by atoms with Gasteiger partial charge in [0.1, 0.15) is 0 Å². The second-order valence-corrected chi connectivity index (χ2v) is 2.35. The molecule has 64 valence electrons. The van der Waals surface area contributed by atoms with Crippen LogP contribution in [0, 0.1) is 0 Å². The van der Waals surface area contributed by atoms with Crippen LogP contribution < -0.4 is 11.5 Å². The first kappa shape index (κ1) is 12.6. The highest BCUT2D eigenvalue weighted by Crippen LogP contribution is 1.88. The fourth-order valence-electron chi connectivity index (χ4n) is 0.465. The summed E-state index contributed by atoms with van der Waals surface area (Å²) in [5.41, 5.74) is 10.5. The summed E-state index contributed by atoms with van der Waals surface area (Å²) in [6, 6.07) is 0. The molecule has 0 saturated heterocycles. The molecule has 0 aliphatic carbocycles. The SMILES string of the molecule is CCC.NCCCCCN. The molecule has 0 aromatic carbocycles. The zero-order valence-corrected chi connectivity index (χ0v) is 7.40. The van der Waals surface area contributed by atoms with Crippen LogP contribution >= 0.6 is 0 Å². The van der Waals surface area contributed by atoms with Gasteiger partial charge in [-0.15, -0.1) is 0 Å². The molecule has 2 heteroatoms. The van der Waals surface area contributed by atoms with Crippen molar-refractivity contribution in [3.63, 3.8) is 0 Å². The van der Waals surface area contributed by atoms with Gasteiger partial charge in [-0.1, -0.05) is 26.7 Å². The van der Waals surface area contributed by atoms with Crippen LogP contribution in [0.3, 0.4) is 0 Å². The average Bonchev–Trinajstić information content (AvgIpc) is 1.91. The van der Waals surface area contributed by atoms with Crippen molar-refractivity contribution in [1.82, 2.24) is 0 Å². The van der Waals surface area contributed by atoms with E-state index in [9.17, 15) is 0 Å². The summed E-state index contributed by atoms with van der Waals surface area (Å²) in [6.07, 6.45) is 4.68. The molecule has 0 rings (SSSR count).